The molecule has 2 N–H and O–H groups in total. The van der Waals surface area contributed by atoms with Crippen molar-refractivity contribution in [1.29, 1.82) is 0 Å². The first-order valence-electron chi connectivity index (χ1n) is 7.98. The van der Waals surface area contributed by atoms with Crippen molar-refractivity contribution in [3.63, 3.8) is 0 Å². The van der Waals surface area contributed by atoms with E-state index in [2.05, 4.69) is 10.6 Å². The van der Waals surface area contributed by atoms with Crippen molar-refractivity contribution in [1.82, 2.24) is 10.6 Å². The summed E-state index contributed by atoms with van der Waals surface area (Å²) in [5.41, 5.74) is 0.763. The molecule has 1 atom stereocenters. The normalized spacial score (nSPS) is 16.3. The van der Waals surface area contributed by atoms with Crippen LogP contribution in [0, 0.1) is 5.92 Å². The van der Waals surface area contributed by atoms with Crippen LogP contribution >= 0.6 is 0 Å². The highest BCUT2D eigenvalue weighted by molar-refractivity contribution is 5.79. The molecule has 0 spiro atoms. The second-order valence-electron chi connectivity index (χ2n) is 6.11. The molecule has 1 aromatic carbocycles. The lowest BCUT2D eigenvalue weighted by Crippen LogP contribution is -2.34. The van der Waals surface area contributed by atoms with E-state index in [0.717, 1.165) is 23.8 Å². The zero-order chi connectivity index (χ0) is 17.2. The van der Waals surface area contributed by atoms with E-state index >= 15 is 0 Å². The molecule has 0 radical (unpaired) electrons. The summed E-state index contributed by atoms with van der Waals surface area (Å²) in [6, 6.07) is 9.31. The summed E-state index contributed by atoms with van der Waals surface area (Å²) in [4.78, 5) is 12.0. The van der Waals surface area contributed by atoms with Gasteiger partial charge in [0, 0.05) is 18.4 Å². The topological polar surface area (TPSA) is 54.3 Å². The minimum Gasteiger partial charge on any atom is -0.459 e. The lowest BCUT2D eigenvalue weighted by atomic mass is 10.1. The SMILES string of the molecule is O=C(CCNCC(F)(F)F)N[C@@H](c1cc2ccccc2o1)C1CC1. The predicted octanol–water partition coefficient (Wildman–Crippen LogP) is 3.54. The minimum absolute atomic E-state index is 0.000468. The van der Waals surface area contributed by atoms with Crippen LogP contribution in [0.1, 0.15) is 31.1 Å². The van der Waals surface area contributed by atoms with Gasteiger partial charge in [-0.05, 0) is 30.9 Å². The molecular weight excluding hydrogens is 321 g/mol. The largest absolute Gasteiger partial charge is 0.459 e. The molecule has 1 aromatic heterocycles. The third kappa shape index (κ3) is 4.50. The smallest absolute Gasteiger partial charge is 0.401 e. The summed E-state index contributed by atoms with van der Waals surface area (Å²) in [7, 11) is 0. The van der Waals surface area contributed by atoms with Gasteiger partial charge in [0.15, 0.2) is 0 Å². The van der Waals surface area contributed by atoms with Crippen molar-refractivity contribution in [2.24, 2.45) is 5.92 Å². The van der Waals surface area contributed by atoms with Crippen molar-refractivity contribution in [2.75, 3.05) is 13.1 Å². The monoisotopic (exact) mass is 340 g/mol. The van der Waals surface area contributed by atoms with E-state index in [1.54, 1.807) is 0 Å². The molecule has 2 aromatic rings. The predicted molar refractivity (Wildman–Crippen MR) is 83.4 cm³/mol. The number of para-hydroxylation sites is 1. The molecule has 24 heavy (non-hydrogen) atoms. The molecule has 0 unspecified atom stereocenters. The molecule has 1 saturated carbocycles. The van der Waals surface area contributed by atoms with Gasteiger partial charge in [-0.15, -0.1) is 0 Å². The van der Waals surface area contributed by atoms with Crippen LogP contribution in [0.15, 0.2) is 34.7 Å². The maximum Gasteiger partial charge on any atom is 0.401 e. The van der Waals surface area contributed by atoms with Gasteiger partial charge < -0.3 is 15.1 Å². The second-order valence-corrected chi connectivity index (χ2v) is 6.11. The lowest BCUT2D eigenvalue weighted by Gasteiger charge is -2.16. The van der Waals surface area contributed by atoms with Gasteiger partial charge in [-0.25, -0.2) is 0 Å². The molecule has 3 rings (SSSR count). The molecule has 0 aliphatic heterocycles. The van der Waals surface area contributed by atoms with E-state index in [1.807, 2.05) is 30.3 Å². The number of carbonyl (C=O) groups is 1. The fourth-order valence-corrected chi connectivity index (χ4v) is 2.68. The fourth-order valence-electron chi connectivity index (χ4n) is 2.68. The van der Waals surface area contributed by atoms with Crippen LogP contribution in [0.4, 0.5) is 13.2 Å². The van der Waals surface area contributed by atoms with E-state index in [-0.39, 0.29) is 24.9 Å². The molecule has 0 saturated heterocycles. The summed E-state index contributed by atoms with van der Waals surface area (Å²) in [5, 5.41) is 6.10. The number of hydrogen-bond donors (Lipinski definition) is 2. The van der Waals surface area contributed by atoms with E-state index < -0.39 is 12.7 Å². The summed E-state index contributed by atoms with van der Waals surface area (Å²) in [6.45, 7) is -1.10. The average Bonchev–Trinajstić information content (AvgIpc) is 3.26. The number of fused-ring (bicyclic) bond motifs is 1. The van der Waals surface area contributed by atoms with Crippen molar-refractivity contribution in [3.8, 4) is 0 Å². The van der Waals surface area contributed by atoms with E-state index in [1.165, 1.54) is 0 Å². The Balaban J connectivity index is 1.57. The van der Waals surface area contributed by atoms with Crippen molar-refractivity contribution in [2.45, 2.75) is 31.5 Å². The first-order valence-corrected chi connectivity index (χ1v) is 7.98. The molecule has 4 nitrogen and oxygen atoms in total. The van der Waals surface area contributed by atoms with Crippen molar-refractivity contribution < 1.29 is 22.4 Å². The number of nitrogens with one attached hydrogen (secondary N) is 2. The van der Waals surface area contributed by atoms with Gasteiger partial charge >= 0.3 is 6.18 Å². The summed E-state index contributed by atoms with van der Waals surface area (Å²) >= 11 is 0. The maximum atomic E-state index is 12.1. The van der Waals surface area contributed by atoms with E-state index in [4.69, 9.17) is 4.42 Å². The van der Waals surface area contributed by atoms with Gasteiger partial charge in [0.1, 0.15) is 11.3 Å². The Morgan fingerprint density at radius 3 is 2.71 bits per heavy atom. The summed E-state index contributed by atoms with van der Waals surface area (Å²) in [6.07, 6.45) is -2.25. The first-order chi connectivity index (χ1) is 11.4. The Kier molecular flexibility index (Phi) is 4.80. The molecule has 1 heterocycles. The van der Waals surface area contributed by atoms with Gasteiger partial charge in [0.2, 0.25) is 5.91 Å². The lowest BCUT2D eigenvalue weighted by molar-refractivity contribution is -0.127. The number of carbonyl (C=O) groups excluding carboxylic acids is 1. The molecule has 130 valence electrons. The van der Waals surface area contributed by atoms with Crippen LogP contribution in [0.3, 0.4) is 0 Å². The van der Waals surface area contributed by atoms with Gasteiger partial charge in [-0.3, -0.25) is 4.79 Å². The van der Waals surface area contributed by atoms with Crippen LogP contribution < -0.4 is 10.6 Å². The third-order valence-corrected chi connectivity index (χ3v) is 4.02. The second kappa shape index (κ2) is 6.84. The number of alkyl halides is 3. The number of halogens is 3. The highest BCUT2D eigenvalue weighted by Gasteiger charge is 2.35. The molecule has 1 fully saturated rings. The zero-order valence-electron chi connectivity index (χ0n) is 13.0. The quantitative estimate of drug-likeness (QED) is 0.758. The summed E-state index contributed by atoms with van der Waals surface area (Å²) < 4.78 is 42.0. The molecule has 0 bridgehead atoms. The van der Waals surface area contributed by atoms with Crippen LogP contribution in [0.5, 0.6) is 0 Å². The number of benzene rings is 1. The summed E-state index contributed by atoms with van der Waals surface area (Å²) in [5.74, 6) is 0.759. The van der Waals surface area contributed by atoms with Gasteiger partial charge in [0.25, 0.3) is 0 Å². The minimum atomic E-state index is -4.26. The van der Waals surface area contributed by atoms with Crippen LogP contribution in [-0.4, -0.2) is 25.2 Å². The average molecular weight is 340 g/mol. The van der Waals surface area contributed by atoms with E-state index in [9.17, 15) is 18.0 Å². The standard InChI is InChI=1S/C17H19F3N2O2/c18-17(19,20)10-21-8-7-15(23)22-16(11-5-6-11)14-9-12-3-1-2-4-13(12)24-14/h1-4,9,11,16,21H,5-8,10H2,(H,22,23)/t16-/m1/s1. The van der Waals surface area contributed by atoms with Crippen LogP contribution in [-0.2, 0) is 4.79 Å². The van der Waals surface area contributed by atoms with Crippen molar-refractivity contribution >= 4 is 16.9 Å². The Hall–Kier alpha value is -2.02. The molecule has 1 amide bonds. The Morgan fingerprint density at radius 2 is 2.04 bits per heavy atom. The van der Waals surface area contributed by atoms with E-state index in [0.29, 0.717) is 11.7 Å². The van der Waals surface area contributed by atoms with Gasteiger partial charge in [0.05, 0.1) is 12.6 Å². The molecular formula is C17H19F3N2O2. The Bertz CT molecular complexity index is 674. The van der Waals surface area contributed by atoms with Crippen LogP contribution in [0.25, 0.3) is 11.0 Å². The third-order valence-electron chi connectivity index (χ3n) is 4.02. The van der Waals surface area contributed by atoms with Gasteiger partial charge in [-0.2, -0.15) is 13.2 Å². The zero-order valence-corrected chi connectivity index (χ0v) is 13.0. The van der Waals surface area contributed by atoms with Gasteiger partial charge in [-0.1, -0.05) is 18.2 Å². The molecule has 1 aliphatic rings. The Morgan fingerprint density at radius 1 is 1.29 bits per heavy atom. The van der Waals surface area contributed by atoms with Crippen LogP contribution in [0.2, 0.25) is 0 Å². The maximum absolute atomic E-state index is 12.1. The molecule has 7 heteroatoms. The number of hydrogen-bond acceptors (Lipinski definition) is 3. The Labute approximate surface area is 137 Å². The molecule has 1 aliphatic carbocycles. The highest BCUT2D eigenvalue weighted by atomic mass is 19.4. The van der Waals surface area contributed by atoms with Crippen molar-refractivity contribution in [3.05, 3.63) is 36.1 Å². The number of rotatable bonds is 7. The first kappa shape index (κ1) is 16.8. The number of amides is 1. The fraction of sp³-hybridized carbons (Fsp3) is 0.471. The number of furan rings is 1. The highest BCUT2D eigenvalue weighted by Crippen LogP contribution is 2.42.